The summed E-state index contributed by atoms with van der Waals surface area (Å²) in [5, 5.41) is 5.47. The maximum Gasteiger partial charge on any atom is 0.254 e. The van der Waals surface area contributed by atoms with Crippen molar-refractivity contribution in [3.05, 3.63) is 104 Å². The Balaban J connectivity index is 1.46. The van der Waals surface area contributed by atoms with Crippen molar-refractivity contribution in [1.29, 1.82) is 0 Å². The summed E-state index contributed by atoms with van der Waals surface area (Å²) in [5.74, 6) is -1.35. The Bertz CT molecular complexity index is 1140. The molecule has 0 aromatic heterocycles. The van der Waals surface area contributed by atoms with Gasteiger partial charge in [-0.2, -0.15) is 10.1 Å². The predicted molar refractivity (Wildman–Crippen MR) is 122 cm³/mol. The highest BCUT2D eigenvalue weighted by atomic mass is 127. The molecule has 3 aliphatic carbocycles. The van der Waals surface area contributed by atoms with Crippen LogP contribution in [0, 0.1) is 15.4 Å². The summed E-state index contributed by atoms with van der Waals surface area (Å²) in [4.78, 5) is 26.9. The van der Waals surface area contributed by atoms with E-state index in [0.717, 1.165) is 14.1 Å². The summed E-state index contributed by atoms with van der Waals surface area (Å²) < 4.78 is 1.08. The van der Waals surface area contributed by atoms with Crippen LogP contribution in [0.25, 0.3) is 0 Å². The van der Waals surface area contributed by atoms with Crippen LogP contribution >= 0.6 is 22.6 Å². The lowest BCUT2D eigenvalue weighted by molar-refractivity contribution is -0.139. The van der Waals surface area contributed by atoms with Gasteiger partial charge in [-0.15, -0.1) is 0 Å². The maximum atomic E-state index is 13.4. The van der Waals surface area contributed by atoms with E-state index in [1.54, 1.807) is 6.21 Å². The number of nitrogens with zero attached hydrogens (tertiary/aromatic N) is 2. The van der Waals surface area contributed by atoms with Gasteiger partial charge in [-0.05, 0) is 62.5 Å². The fourth-order valence-corrected chi connectivity index (χ4v) is 6.05. The average molecular weight is 504 g/mol. The van der Waals surface area contributed by atoms with Crippen LogP contribution in [-0.4, -0.2) is 23.0 Å². The number of amides is 2. The number of hydrazone groups is 1. The first-order chi connectivity index (χ1) is 14.6. The van der Waals surface area contributed by atoms with Gasteiger partial charge in [0.15, 0.2) is 0 Å². The third kappa shape index (κ3) is 2.41. The Morgan fingerprint density at radius 3 is 1.70 bits per heavy atom. The third-order valence-electron chi connectivity index (χ3n) is 6.60. The Kier molecular flexibility index (Phi) is 3.96. The first-order valence-electron chi connectivity index (χ1n) is 10.00. The van der Waals surface area contributed by atoms with Crippen molar-refractivity contribution in [2.75, 3.05) is 0 Å². The second-order valence-electron chi connectivity index (χ2n) is 8.05. The van der Waals surface area contributed by atoms with Gasteiger partial charge in [-0.25, -0.2) is 0 Å². The van der Waals surface area contributed by atoms with Crippen molar-refractivity contribution < 1.29 is 9.59 Å². The highest BCUT2D eigenvalue weighted by molar-refractivity contribution is 14.1. The van der Waals surface area contributed by atoms with Crippen molar-refractivity contribution in [3.63, 3.8) is 0 Å². The molecule has 1 heterocycles. The molecular formula is C25H17IN2O2. The fraction of sp³-hybridized carbons (Fsp3) is 0.160. The Morgan fingerprint density at radius 1 is 0.733 bits per heavy atom. The first-order valence-corrected chi connectivity index (χ1v) is 11.1. The number of rotatable bonds is 2. The highest BCUT2D eigenvalue weighted by Gasteiger charge is 2.61. The summed E-state index contributed by atoms with van der Waals surface area (Å²) in [7, 11) is 0. The normalized spacial score (nSPS) is 26.1. The van der Waals surface area contributed by atoms with E-state index >= 15 is 0 Å². The molecule has 1 fully saturated rings. The Morgan fingerprint density at radius 2 is 1.23 bits per heavy atom. The molecule has 0 radical (unpaired) electrons. The molecule has 0 spiro atoms. The van der Waals surface area contributed by atoms with E-state index in [9.17, 15) is 9.59 Å². The molecule has 1 saturated heterocycles. The summed E-state index contributed by atoms with van der Waals surface area (Å²) in [5.41, 5.74) is 5.56. The molecule has 0 saturated carbocycles. The number of halogens is 1. The van der Waals surface area contributed by atoms with Gasteiger partial charge < -0.3 is 0 Å². The lowest BCUT2D eigenvalue weighted by Crippen LogP contribution is -2.41. The zero-order valence-corrected chi connectivity index (χ0v) is 18.1. The molecule has 3 aromatic carbocycles. The number of hydrogen-bond donors (Lipinski definition) is 0. The topological polar surface area (TPSA) is 49.7 Å². The van der Waals surface area contributed by atoms with Gasteiger partial charge in [0.1, 0.15) is 0 Å². The molecule has 3 aromatic rings. The van der Waals surface area contributed by atoms with Crippen LogP contribution in [0.4, 0.5) is 0 Å². The van der Waals surface area contributed by atoms with Gasteiger partial charge in [0.2, 0.25) is 0 Å². The minimum absolute atomic E-state index is 0.0956. The lowest BCUT2D eigenvalue weighted by atomic mass is 9.55. The molecule has 146 valence electrons. The van der Waals surface area contributed by atoms with Gasteiger partial charge in [0, 0.05) is 15.4 Å². The Hall–Kier alpha value is -2.80. The highest BCUT2D eigenvalue weighted by Crippen LogP contribution is 2.60. The third-order valence-corrected chi connectivity index (χ3v) is 7.27. The largest absolute Gasteiger partial charge is 0.272 e. The van der Waals surface area contributed by atoms with Gasteiger partial charge in [-0.1, -0.05) is 60.7 Å². The quantitative estimate of drug-likeness (QED) is 0.293. The smallest absolute Gasteiger partial charge is 0.254 e. The summed E-state index contributed by atoms with van der Waals surface area (Å²) >= 11 is 2.23. The van der Waals surface area contributed by atoms with E-state index in [0.29, 0.717) is 0 Å². The van der Waals surface area contributed by atoms with Crippen LogP contribution in [0.15, 0.2) is 77.9 Å². The summed E-state index contributed by atoms with van der Waals surface area (Å²) in [6.45, 7) is 0. The van der Waals surface area contributed by atoms with E-state index in [2.05, 4.69) is 52.0 Å². The molecule has 2 amide bonds. The minimum Gasteiger partial charge on any atom is -0.272 e. The zero-order chi connectivity index (χ0) is 20.4. The second-order valence-corrected chi connectivity index (χ2v) is 9.30. The maximum absolute atomic E-state index is 13.4. The molecule has 0 unspecified atom stereocenters. The zero-order valence-electron chi connectivity index (χ0n) is 15.9. The number of carbonyl (C=O) groups is 2. The standard InChI is InChI=1S/C25H17IN2O2/c26-15-7-5-6-14(12-15)13-27-28-24(29)22-20-16-8-1-2-9-17(16)21(23(22)25(28)30)19-11-4-3-10-18(19)20/h1-13,20-23H/b27-13-/t20?,21?,22-,23-/m0/s1. The second kappa shape index (κ2) is 6.60. The number of hydrogen-bond acceptors (Lipinski definition) is 3. The van der Waals surface area contributed by atoms with Crippen LogP contribution in [0.2, 0.25) is 0 Å². The number of imide groups is 1. The van der Waals surface area contributed by atoms with E-state index in [4.69, 9.17) is 0 Å². The molecule has 2 bridgehead atoms. The van der Waals surface area contributed by atoms with Crippen LogP contribution in [0.3, 0.4) is 0 Å². The molecule has 7 rings (SSSR count). The van der Waals surface area contributed by atoms with Crippen LogP contribution in [0.5, 0.6) is 0 Å². The molecule has 1 aliphatic heterocycles. The summed E-state index contributed by atoms with van der Waals surface area (Å²) in [6.07, 6.45) is 1.61. The van der Waals surface area contributed by atoms with Crippen molar-refractivity contribution in [2.45, 2.75) is 11.8 Å². The van der Waals surface area contributed by atoms with Crippen molar-refractivity contribution in [3.8, 4) is 0 Å². The molecule has 5 heteroatoms. The van der Waals surface area contributed by atoms with Gasteiger partial charge in [-0.3, -0.25) is 9.59 Å². The molecule has 2 atom stereocenters. The van der Waals surface area contributed by atoms with Gasteiger partial charge in [0.05, 0.1) is 18.1 Å². The predicted octanol–water partition coefficient (Wildman–Crippen LogP) is 4.52. The van der Waals surface area contributed by atoms with Crippen LogP contribution in [0.1, 0.15) is 39.7 Å². The first kappa shape index (κ1) is 18.0. The van der Waals surface area contributed by atoms with E-state index in [1.165, 1.54) is 22.3 Å². The molecule has 4 aliphatic rings. The average Bonchev–Trinajstić information content (AvgIpc) is 3.03. The van der Waals surface area contributed by atoms with Crippen molar-refractivity contribution in [2.24, 2.45) is 16.9 Å². The SMILES string of the molecule is O=C1[C@H]2C3c4ccccc4C(c4ccccc43)[C@@H]2C(=O)N1/N=C\c1cccc(I)c1. The van der Waals surface area contributed by atoms with Crippen molar-refractivity contribution >= 4 is 40.6 Å². The molecule has 30 heavy (non-hydrogen) atoms. The monoisotopic (exact) mass is 504 g/mol. The Labute approximate surface area is 187 Å². The minimum atomic E-state index is -0.389. The molecule has 4 nitrogen and oxygen atoms in total. The molecule has 0 N–H and O–H groups in total. The van der Waals surface area contributed by atoms with Gasteiger partial charge in [0.25, 0.3) is 11.8 Å². The van der Waals surface area contributed by atoms with Crippen LogP contribution in [-0.2, 0) is 9.59 Å². The fourth-order valence-electron chi connectivity index (χ4n) is 5.49. The van der Waals surface area contributed by atoms with Gasteiger partial charge >= 0.3 is 0 Å². The van der Waals surface area contributed by atoms with Crippen molar-refractivity contribution in [1.82, 2.24) is 5.01 Å². The number of carbonyl (C=O) groups excluding carboxylic acids is 2. The summed E-state index contributed by atoms with van der Waals surface area (Å²) in [6, 6.07) is 24.3. The van der Waals surface area contributed by atoms with Crippen LogP contribution < -0.4 is 0 Å². The number of benzene rings is 3. The van der Waals surface area contributed by atoms with E-state index < -0.39 is 0 Å². The molecular weight excluding hydrogens is 487 g/mol. The van der Waals surface area contributed by atoms with E-state index in [-0.39, 0.29) is 35.5 Å². The van der Waals surface area contributed by atoms with E-state index in [1.807, 2.05) is 48.5 Å². The lowest BCUT2D eigenvalue weighted by Gasteiger charge is -2.45.